The van der Waals surface area contributed by atoms with Gasteiger partial charge in [-0.1, -0.05) is 37.6 Å². The van der Waals surface area contributed by atoms with E-state index < -0.39 is 0 Å². The lowest BCUT2D eigenvalue weighted by Gasteiger charge is -2.31. The maximum atomic E-state index is 11.9. The molecule has 1 aromatic carbocycles. The number of anilines is 3. The minimum absolute atomic E-state index is 0.0712. The van der Waals surface area contributed by atoms with Crippen molar-refractivity contribution < 1.29 is 4.79 Å². The van der Waals surface area contributed by atoms with Crippen molar-refractivity contribution in [1.82, 2.24) is 9.97 Å². The predicted octanol–water partition coefficient (Wildman–Crippen LogP) is 3.34. The topological polar surface area (TPSA) is 58.1 Å². The van der Waals surface area contributed by atoms with Crippen molar-refractivity contribution in [2.24, 2.45) is 0 Å². The second kappa shape index (κ2) is 5.33. The quantitative estimate of drug-likeness (QED) is 0.864. The Hall–Kier alpha value is -2.14. The molecule has 0 fully saturated rings. The molecule has 1 aliphatic heterocycles. The van der Waals surface area contributed by atoms with Crippen molar-refractivity contribution in [1.29, 1.82) is 0 Å². The normalized spacial score (nSPS) is 14.1. The first-order valence-corrected chi connectivity index (χ1v) is 7.12. The monoisotopic (exact) mass is 302 g/mol. The van der Waals surface area contributed by atoms with Crippen LogP contribution in [0, 0.1) is 0 Å². The van der Waals surface area contributed by atoms with E-state index in [0.29, 0.717) is 11.0 Å². The second-order valence-corrected chi connectivity index (χ2v) is 5.57. The van der Waals surface area contributed by atoms with Crippen LogP contribution in [0.5, 0.6) is 0 Å². The van der Waals surface area contributed by atoms with Crippen LogP contribution in [-0.4, -0.2) is 22.4 Å². The third-order valence-electron chi connectivity index (χ3n) is 3.42. The molecule has 0 radical (unpaired) electrons. The Kier molecular flexibility index (Phi) is 3.51. The van der Waals surface area contributed by atoms with Crippen molar-refractivity contribution in [2.75, 3.05) is 16.8 Å². The summed E-state index contributed by atoms with van der Waals surface area (Å²) in [4.78, 5) is 22.3. The van der Waals surface area contributed by atoms with E-state index in [2.05, 4.69) is 15.3 Å². The Bertz CT molecular complexity index is 702. The predicted molar refractivity (Wildman–Crippen MR) is 83.2 cm³/mol. The molecule has 0 atom stereocenters. The maximum absolute atomic E-state index is 11.9. The average molecular weight is 303 g/mol. The molecule has 0 bridgehead atoms. The molecule has 0 spiro atoms. The Balaban J connectivity index is 2.18. The number of halogens is 1. The van der Waals surface area contributed by atoms with Crippen molar-refractivity contribution in [3.8, 4) is 0 Å². The van der Waals surface area contributed by atoms with Gasteiger partial charge in [0.2, 0.25) is 5.91 Å². The minimum atomic E-state index is -0.0712. The SMILES string of the molecule is CC(C)c1c(Cl)ncnc1N1CC(=O)Nc2ccccc21. The van der Waals surface area contributed by atoms with Gasteiger partial charge in [0.15, 0.2) is 0 Å². The molecule has 0 aliphatic carbocycles. The summed E-state index contributed by atoms with van der Waals surface area (Å²) in [6.07, 6.45) is 1.43. The van der Waals surface area contributed by atoms with Gasteiger partial charge in [0.1, 0.15) is 23.8 Å². The number of fused-ring (bicyclic) bond motifs is 1. The molecule has 6 heteroatoms. The number of carbonyl (C=O) groups excluding carboxylic acids is 1. The van der Waals surface area contributed by atoms with Crippen LogP contribution in [0.1, 0.15) is 25.3 Å². The summed E-state index contributed by atoms with van der Waals surface area (Å²) in [5.41, 5.74) is 2.54. The molecular formula is C15H15ClN4O. The summed E-state index contributed by atoms with van der Waals surface area (Å²) in [5.74, 6) is 0.774. The second-order valence-electron chi connectivity index (χ2n) is 5.21. The third kappa shape index (κ3) is 2.45. The highest BCUT2D eigenvalue weighted by Gasteiger charge is 2.27. The lowest BCUT2D eigenvalue weighted by atomic mass is 10.0. The smallest absolute Gasteiger partial charge is 0.244 e. The highest BCUT2D eigenvalue weighted by Crippen LogP contribution is 2.38. The van der Waals surface area contributed by atoms with Gasteiger partial charge in [0.25, 0.3) is 0 Å². The molecule has 21 heavy (non-hydrogen) atoms. The summed E-state index contributed by atoms with van der Waals surface area (Å²) < 4.78 is 0. The summed E-state index contributed by atoms with van der Waals surface area (Å²) in [6, 6.07) is 7.65. The zero-order valence-corrected chi connectivity index (χ0v) is 12.6. The molecular weight excluding hydrogens is 288 g/mol. The van der Waals surface area contributed by atoms with E-state index in [1.165, 1.54) is 6.33 Å². The fourth-order valence-electron chi connectivity index (χ4n) is 2.50. The van der Waals surface area contributed by atoms with Gasteiger partial charge in [-0.15, -0.1) is 0 Å². The number of nitrogens with one attached hydrogen (secondary N) is 1. The van der Waals surface area contributed by atoms with E-state index in [-0.39, 0.29) is 18.4 Å². The minimum Gasteiger partial charge on any atom is -0.323 e. The van der Waals surface area contributed by atoms with E-state index in [0.717, 1.165) is 16.9 Å². The first kappa shape index (κ1) is 13.8. The molecule has 108 valence electrons. The van der Waals surface area contributed by atoms with Crippen molar-refractivity contribution in [2.45, 2.75) is 19.8 Å². The standard InChI is InChI=1S/C15H15ClN4O/c1-9(2)13-14(16)17-8-18-15(13)20-7-12(21)19-10-5-3-4-6-11(10)20/h3-6,8-9H,7H2,1-2H3,(H,19,21). The van der Waals surface area contributed by atoms with Crippen LogP contribution in [0.15, 0.2) is 30.6 Å². The lowest BCUT2D eigenvalue weighted by Crippen LogP contribution is -2.36. The fourth-order valence-corrected chi connectivity index (χ4v) is 2.85. The number of carbonyl (C=O) groups is 1. The van der Waals surface area contributed by atoms with Crippen LogP contribution in [0.3, 0.4) is 0 Å². The van der Waals surface area contributed by atoms with Gasteiger partial charge in [0.05, 0.1) is 11.4 Å². The highest BCUT2D eigenvalue weighted by atomic mass is 35.5. The number of hydrogen-bond acceptors (Lipinski definition) is 4. The number of aromatic nitrogens is 2. The molecule has 2 heterocycles. The first-order valence-electron chi connectivity index (χ1n) is 6.74. The number of hydrogen-bond donors (Lipinski definition) is 1. The van der Waals surface area contributed by atoms with Crippen LogP contribution in [0.25, 0.3) is 0 Å². The van der Waals surface area contributed by atoms with E-state index in [1.807, 2.05) is 43.0 Å². The van der Waals surface area contributed by atoms with Gasteiger partial charge < -0.3 is 10.2 Å². The van der Waals surface area contributed by atoms with Gasteiger partial charge in [-0.25, -0.2) is 9.97 Å². The Morgan fingerprint density at radius 3 is 2.81 bits per heavy atom. The number of amides is 1. The van der Waals surface area contributed by atoms with E-state index in [1.54, 1.807) is 0 Å². The summed E-state index contributed by atoms with van der Waals surface area (Å²) in [7, 11) is 0. The molecule has 1 amide bonds. The summed E-state index contributed by atoms with van der Waals surface area (Å²) >= 11 is 6.23. The van der Waals surface area contributed by atoms with E-state index in [9.17, 15) is 4.79 Å². The van der Waals surface area contributed by atoms with Crippen molar-refractivity contribution in [3.63, 3.8) is 0 Å². The van der Waals surface area contributed by atoms with Gasteiger partial charge in [-0.05, 0) is 18.1 Å². The van der Waals surface area contributed by atoms with Crippen LogP contribution in [0.4, 0.5) is 17.2 Å². The zero-order valence-electron chi connectivity index (χ0n) is 11.8. The number of rotatable bonds is 2. The van der Waals surface area contributed by atoms with Gasteiger partial charge in [0, 0.05) is 5.56 Å². The van der Waals surface area contributed by atoms with Crippen LogP contribution in [-0.2, 0) is 4.79 Å². The number of benzene rings is 1. The maximum Gasteiger partial charge on any atom is 0.244 e. The molecule has 1 aliphatic rings. The average Bonchev–Trinajstić information content (AvgIpc) is 2.45. The highest BCUT2D eigenvalue weighted by molar-refractivity contribution is 6.30. The first-order chi connectivity index (χ1) is 10.1. The lowest BCUT2D eigenvalue weighted by molar-refractivity contribution is -0.115. The molecule has 5 nitrogen and oxygen atoms in total. The molecule has 0 unspecified atom stereocenters. The van der Waals surface area contributed by atoms with E-state index >= 15 is 0 Å². The number of para-hydroxylation sites is 2. The summed E-state index contributed by atoms with van der Waals surface area (Å²) in [6.45, 7) is 4.28. The van der Waals surface area contributed by atoms with Gasteiger partial charge in [-0.2, -0.15) is 0 Å². The van der Waals surface area contributed by atoms with Crippen LogP contribution in [0.2, 0.25) is 5.15 Å². The van der Waals surface area contributed by atoms with Crippen LogP contribution >= 0.6 is 11.6 Å². The van der Waals surface area contributed by atoms with Crippen molar-refractivity contribution >= 4 is 34.7 Å². The van der Waals surface area contributed by atoms with Crippen molar-refractivity contribution in [3.05, 3.63) is 41.3 Å². The Labute approximate surface area is 128 Å². The molecule has 0 saturated carbocycles. The largest absolute Gasteiger partial charge is 0.323 e. The molecule has 1 N–H and O–H groups in total. The molecule has 0 saturated heterocycles. The molecule has 2 aromatic rings. The van der Waals surface area contributed by atoms with Crippen LogP contribution < -0.4 is 10.2 Å². The van der Waals surface area contributed by atoms with Gasteiger partial charge in [-0.3, -0.25) is 4.79 Å². The molecule has 1 aromatic heterocycles. The summed E-state index contributed by atoms with van der Waals surface area (Å²) in [5, 5.41) is 3.30. The molecule has 3 rings (SSSR count). The number of nitrogens with zero attached hydrogens (tertiary/aromatic N) is 3. The Morgan fingerprint density at radius 1 is 1.29 bits per heavy atom. The Morgan fingerprint density at radius 2 is 2.05 bits per heavy atom. The third-order valence-corrected chi connectivity index (χ3v) is 3.72. The fraction of sp³-hybridized carbons (Fsp3) is 0.267. The van der Waals surface area contributed by atoms with E-state index in [4.69, 9.17) is 11.6 Å². The zero-order chi connectivity index (χ0) is 15.0. The van der Waals surface area contributed by atoms with Gasteiger partial charge >= 0.3 is 0 Å².